The van der Waals surface area contributed by atoms with E-state index in [1.54, 1.807) is 0 Å². The SMILES string of the molecule is Cc1cccc(N=C(c2ccccc2)N2CCCC2)c1O[Si](C)C. The Labute approximate surface area is 146 Å². The zero-order chi connectivity index (χ0) is 16.9. The van der Waals surface area contributed by atoms with Crippen LogP contribution < -0.4 is 4.43 Å². The molecule has 1 fully saturated rings. The standard InChI is InChI=1S/C20H25N2OSi/c1-16-10-9-13-18(19(16)23-24(2)3)21-20(22-14-7-8-15-22)17-11-5-4-6-12-17/h4-6,9-13H,7-8,14-15H2,1-3H3. The third-order valence-corrected chi connectivity index (χ3v) is 4.77. The first-order valence-electron chi connectivity index (χ1n) is 8.62. The highest BCUT2D eigenvalue weighted by Gasteiger charge is 2.19. The highest BCUT2D eigenvalue weighted by Crippen LogP contribution is 2.33. The lowest BCUT2D eigenvalue weighted by molar-refractivity contribution is 0.520. The molecule has 4 heteroatoms. The molecule has 125 valence electrons. The van der Waals surface area contributed by atoms with Gasteiger partial charge in [-0.2, -0.15) is 0 Å². The maximum Gasteiger partial charge on any atom is 0.274 e. The molecule has 0 saturated carbocycles. The minimum absolute atomic E-state index is 0.832. The Kier molecular flexibility index (Phi) is 5.36. The zero-order valence-electron chi connectivity index (χ0n) is 14.7. The number of nitrogens with zero attached hydrogens (tertiary/aromatic N) is 2. The van der Waals surface area contributed by atoms with Crippen LogP contribution in [0.5, 0.6) is 5.75 Å². The van der Waals surface area contributed by atoms with Crippen LogP contribution in [0.4, 0.5) is 5.69 Å². The number of amidine groups is 1. The molecule has 0 aliphatic carbocycles. The van der Waals surface area contributed by atoms with Gasteiger partial charge >= 0.3 is 0 Å². The van der Waals surface area contributed by atoms with Gasteiger partial charge in [0.05, 0.1) is 0 Å². The van der Waals surface area contributed by atoms with Gasteiger partial charge in [0, 0.05) is 18.7 Å². The van der Waals surface area contributed by atoms with E-state index in [-0.39, 0.29) is 0 Å². The van der Waals surface area contributed by atoms with Gasteiger partial charge in [0.15, 0.2) is 0 Å². The largest absolute Gasteiger partial charge is 0.541 e. The van der Waals surface area contributed by atoms with Crippen LogP contribution in [0.1, 0.15) is 24.0 Å². The minimum atomic E-state index is -0.832. The number of para-hydroxylation sites is 1. The summed E-state index contributed by atoms with van der Waals surface area (Å²) in [4.78, 5) is 7.45. The summed E-state index contributed by atoms with van der Waals surface area (Å²) in [6, 6.07) is 16.7. The Morgan fingerprint density at radius 3 is 2.38 bits per heavy atom. The van der Waals surface area contributed by atoms with Gasteiger partial charge in [-0.25, -0.2) is 4.99 Å². The highest BCUT2D eigenvalue weighted by molar-refractivity contribution is 6.49. The molecule has 24 heavy (non-hydrogen) atoms. The van der Waals surface area contributed by atoms with Crippen molar-refractivity contribution in [2.45, 2.75) is 32.9 Å². The van der Waals surface area contributed by atoms with Crippen molar-refractivity contribution < 1.29 is 4.43 Å². The molecule has 0 spiro atoms. The van der Waals surface area contributed by atoms with Crippen LogP contribution in [-0.4, -0.2) is 32.9 Å². The second kappa shape index (κ2) is 7.66. The summed E-state index contributed by atoms with van der Waals surface area (Å²) in [6.45, 7) is 8.56. The summed E-state index contributed by atoms with van der Waals surface area (Å²) in [7, 11) is -0.832. The van der Waals surface area contributed by atoms with E-state index in [1.165, 1.54) is 18.4 Å². The van der Waals surface area contributed by atoms with E-state index in [0.29, 0.717) is 0 Å². The van der Waals surface area contributed by atoms with E-state index in [1.807, 2.05) is 0 Å². The quantitative estimate of drug-likeness (QED) is 0.455. The van der Waals surface area contributed by atoms with Gasteiger partial charge in [0.25, 0.3) is 9.04 Å². The second-order valence-corrected chi connectivity index (χ2v) is 8.45. The van der Waals surface area contributed by atoms with Crippen molar-refractivity contribution in [3.63, 3.8) is 0 Å². The fourth-order valence-corrected chi connectivity index (χ4v) is 3.68. The van der Waals surface area contributed by atoms with Crippen molar-refractivity contribution in [2.24, 2.45) is 4.99 Å². The molecule has 1 saturated heterocycles. The predicted molar refractivity (Wildman–Crippen MR) is 103 cm³/mol. The van der Waals surface area contributed by atoms with Crippen LogP contribution in [0.3, 0.4) is 0 Å². The average Bonchev–Trinajstić information content (AvgIpc) is 3.10. The molecule has 0 amide bonds. The van der Waals surface area contributed by atoms with Crippen molar-refractivity contribution in [1.82, 2.24) is 4.90 Å². The second-order valence-electron chi connectivity index (χ2n) is 6.43. The Balaban J connectivity index is 2.06. The van der Waals surface area contributed by atoms with Crippen LogP contribution in [-0.2, 0) is 0 Å². The molecule has 0 bridgehead atoms. The monoisotopic (exact) mass is 337 g/mol. The molecule has 1 radical (unpaired) electrons. The lowest BCUT2D eigenvalue weighted by Crippen LogP contribution is -2.28. The van der Waals surface area contributed by atoms with Gasteiger partial charge < -0.3 is 9.33 Å². The van der Waals surface area contributed by atoms with Crippen LogP contribution in [0, 0.1) is 6.92 Å². The Bertz CT molecular complexity index is 707. The first-order valence-corrected chi connectivity index (χ1v) is 11.0. The number of rotatable bonds is 4. The van der Waals surface area contributed by atoms with E-state index < -0.39 is 9.04 Å². The average molecular weight is 338 g/mol. The first-order chi connectivity index (χ1) is 11.6. The Morgan fingerprint density at radius 1 is 1.00 bits per heavy atom. The highest BCUT2D eigenvalue weighted by atomic mass is 28.3. The van der Waals surface area contributed by atoms with Gasteiger partial charge in [0.1, 0.15) is 17.3 Å². The zero-order valence-corrected chi connectivity index (χ0v) is 15.7. The molecule has 3 nitrogen and oxygen atoms in total. The summed E-state index contributed by atoms with van der Waals surface area (Å²) < 4.78 is 6.15. The molecule has 3 rings (SSSR count). The van der Waals surface area contributed by atoms with E-state index >= 15 is 0 Å². The number of aliphatic imine (C=N–C) groups is 1. The minimum Gasteiger partial charge on any atom is -0.541 e. The van der Waals surface area contributed by atoms with Crippen molar-refractivity contribution >= 4 is 20.6 Å². The topological polar surface area (TPSA) is 24.8 Å². The van der Waals surface area contributed by atoms with E-state index in [2.05, 4.69) is 73.4 Å². The summed E-state index contributed by atoms with van der Waals surface area (Å²) >= 11 is 0. The number of hydrogen-bond donors (Lipinski definition) is 0. The third kappa shape index (κ3) is 3.87. The molecular weight excluding hydrogens is 312 g/mol. The third-order valence-electron chi connectivity index (χ3n) is 4.16. The van der Waals surface area contributed by atoms with Gasteiger partial charge in [-0.05, 0) is 44.5 Å². The van der Waals surface area contributed by atoms with Gasteiger partial charge in [-0.3, -0.25) is 0 Å². The van der Waals surface area contributed by atoms with E-state index in [9.17, 15) is 0 Å². The van der Waals surface area contributed by atoms with E-state index in [0.717, 1.165) is 35.9 Å². The normalized spacial score (nSPS) is 15.2. The fourth-order valence-electron chi connectivity index (χ4n) is 3.01. The van der Waals surface area contributed by atoms with Crippen LogP contribution >= 0.6 is 0 Å². The van der Waals surface area contributed by atoms with Crippen LogP contribution in [0.2, 0.25) is 13.1 Å². The number of aryl methyl sites for hydroxylation is 1. The van der Waals surface area contributed by atoms with Gasteiger partial charge in [-0.15, -0.1) is 0 Å². The van der Waals surface area contributed by atoms with Crippen molar-refractivity contribution in [3.8, 4) is 5.75 Å². The van der Waals surface area contributed by atoms with Gasteiger partial charge in [-0.1, -0.05) is 42.5 Å². The van der Waals surface area contributed by atoms with Crippen molar-refractivity contribution in [1.29, 1.82) is 0 Å². The lowest BCUT2D eigenvalue weighted by atomic mass is 10.1. The molecule has 0 N–H and O–H groups in total. The van der Waals surface area contributed by atoms with Crippen molar-refractivity contribution in [2.75, 3.05) is 13.1 Å². The Hall–Kier alpha value is -2.07. The number of hydrogen-bond acceptors (Lipinski definition) is 2. The maximum atomic E-state index is 6.15. The van der Waals surface area contributed by atoms with E-state index in [4.69, 9.17) is 9.42 Å². The molecule has 0 aromatic heterocycles. The lowest BCUT2D eigenvalue weighted by Gasteiger charge is -2.21. The summed E-state index contributed by atoms with van der Waals surface area (Å²) in [6.07, 6.45) is 2.47. The van der Waals surface area contributed by atoms with Crippen molar-refractivity contribution in [3.05, 3.63) is 59.7 Å². The first kappa shape index (κ1) is 16.8. The molecule has 2 aromatic rings. The fraction of sp³-hybridized carbons (Fsp3) is 0.350. The van der Waals surface area contributed by atoms with Crippen LogP contribution in [0.15, 0.2) is 53.5 Å². The molecule has 0 atom stereocenters. The molecule has 0 unspecified atom stereocenters. The molecule has 1 aliphatic rings. The molecule has 2 aromatic carbocycles. The summed E-state index contributed by atoms with van der Waals surface area (Å²) in [5, 5.41) is 0. The Morgan fingerprint density at radius 2 is 1.71 bits per heavy atom. The summed E-state index contributed by atoms with van der Waals surface area (Å²) in [5.41, 5.74) is 3.26. The predicted octanol–water partition coefficient (Wildman–Crippen LogP) is 4.80. The van der Waals surface area contributed by atoms with Gasteiger partial charge in [0.2, 0.25) is 0 Å². The van der Waals surface area contributed by atoms with Crippen LogP contribution in [0.25, 0.3) is 0 Å². The number of benzene rings is 2. The molecule has 1 heterocycles. The maximum absolute atomic E-state index is 6.15. The smallest absolute Gasteiger partial charge is 0.274 e. The number of likely N-dealkylation sites (tertiary alicyclic amines) is 1. The molecule has 1 aliphatic heterocycles. The summed E-state index contributed by atoms with van der Waals surface area (Å²) in [5.74, 6) is 1.99. The molecular formula is C20H25N2OSi.